The van der Waals surface area contributed by atoms with E-state index in [1.54, 1.807) is 0 Å². The van der Waals surface area contributed by atoms with E-state index in [0.29, 0.717) is 12.2 Å². The summed E-state index contributed by atoms with van der Waals surface area (Å²) < 4.78 is 0. The van der Waals surface area contributed by atoms with Crippen LogP contribution in [0.3, 0.4) is 0 Å². The normalized spacial score (nSPS) is 5.07. The molecule has 11 heteroatoms. The van der Waals surface area contributed by atoms with E-state index in [2.05, 4.69) is 0 Å². The molecule has 0 aliphatic heterocycles. The molecule has 0 aromatic carbocycles. The Labute approximate surface area is 105 Å². The van der Waals surface area contributed by atoms with Crippen molar-refractivity contribution in [1.29, 1.82) is 0 Å². The molecule has 9 nitrogen and oxygen atoms in total. The minimum absolute atomic E-state index is 0. The predicted octanol–water partition coefficient (Wildman–Crippen LogP) is -4.81. The van der Waals surface area contributed by atoms with Crippen LogP contribution in [0, 0.1) is 0 Å². The maximum absolute atomic E-state index is 9.55. The largest absolute Gasteiger partial charge is 0.478 e. The zero-order chi connectivity index (χ0) is 6.57. The second kappa shape index (κ2) is 37.5. The van der Waals surface area contributed by atoms with Gasteiger partial charge in [0.1, 0.15) is 0 Å². The first kappa shape index (κ1) is 62.6. The molecule has 16 N–H and O–H groups in total. The van der Waals surface area contributed by atoms with Crippen LogP contribution in [-0.4, -0.2) is 27.6 Å². The van der Waals surface area contributed by atoms with Crippen LogP contribution in [0.4, 0.5) is 0 Å². The van der Waals surface area contributed by atoms with Crippen molar-refractivity contribution in [3.8, 4) is 0 Å². The number of carboxylic acids is 2. The van der Waals surface area contributed by atoms with Gasteiger partial charge in [-0.15, -0.1) is 0 Å². The molecule has 0 spiro atoms. The summed E-state index contributed by atoms with van der Waals surface area (Å²) >= 11 is 0. The maximum Gasteiger partial charge on any atom is 0.328 e. The summed E-state index contributed by atoms with van der Waals surface area (Å²) in [5, 5.41) is 15.6. The number of carboxylic acid groups (broad SMARTS) is 2. The number of hydrogen-bond acceptors (Lipinski definition) is 2. The first-order valence-corrected chi connectivity index (χ1v) is 1.77. The van der Waals surface area contributed by atoms with Crippen LogP contribution in [0.5, 0.6) is 0 Å². The SMILES string of the molecule is O.O=C(O)C=CC(=O)O.[Co].[Co].[OH3+].[OH3+].[OH3+].[OH3+]. The van der Waals surface area contributed by atoms with Gasteiger partial charge in [-0.1, -0.05) is 0 Å². The second-order valence-corrected chi connectivity index (χ2v) is 1.01. The molecular formula is C4H18Co2O9+4. The van der Waals surface area contributed by atoms with Gasteiger partial charge in [0.2, 0.25) is 0 Å². The van der Waals surface area contributed by atoms with E-state index >= 15 is 0 Å². The van der Waals surface area contributed by atoms with Crippen LogP contribution < -0.4 is 0 Å². The Balaban J connectivity index is -0.0000000117. The zero-order valence-electron chi connectivity index (χ0n) is 7.34. The van der Waals surface area contributed by atoms with Crippen molar-refractivity contribution in [3.05, 3.63) is 12.2 Å². The average Bonchev–Trinajstić information content (AvgIpc) is 1.61. The summed E-state index contributed by atoms with van der Waals surface area (Å²) in [5.74, 6) is -2.51. The molecule has 0 heterocycles. The number of rotatable bonds is 2. The number of hydrogen-bond donors (Lipinski definition) is 2. The van der Waals surface area contributed by atoms with E-state index in [1.165, 1.54) is 0 Å². The Kier molecular flexibility index (Phi) is 157. The molecule has 0 rings (SSSR count). The third kappa shape index (κ3) is 88.3. The van der Waals surface area contributed by atoms with Crippen molar-refractivity contribution in [3.63, 3.8) is 0 Å². The van der Waals surface area contributed by atoms with Gasteiger partial charge >= 0.3 is 11.9 Å². The molecule has 15 heavy (non-hydrogen) atoms. The van der Waals surface area contributed by atoms with Crippen molar-refractivity contribution in [2.45, 2.75) is 0 Å². The Hall–Kier alpha value is -0.507. The summed E-state index contributed by atoms with van der Waals surface area (Å²) in [6.45, 7) is 0. The van der Waals surface area contributed by atoms with Gasteiger partial charge in [-0.3, -0.25) is 0 Å². The molecule has 0 aromatic heterocycles. The van der Waals surface area contributed by atoms with Crippen LogP contribution in [0.1, 0.15) is 0 Å². The van der Waals surface area contributed by atoms with Crippen molar-refractivity contribution in [1.82, 2.24) is 0 Å². The molecule has 0 aliphatic carbocycles. The van der Waals surface area contributed by atoms with Crippen LogP contribution >= 0.6 is 0 Å². The first-order valence-electron chi connectivity index (χ1n) is 1.77. The summed E-state index contributed by atoms with van der Waals surface area (Å²) in [6.07, 6.45) is 1.12. The minimum atomic E-state index is -1.26. The van der Waals surface area contributed by atoms with Gasteiger partial charge in [0, 0.05) is 45.7 Å². The molecule has 102 valence electrons. The third-order valence-corrected chi connectivity index (χ3v) is 0.368. The number of carbonyl (C=O) groups is 2. The average molecular weight is 328 g/mol. The van der Waals surface area contributed by atoms with E-state index in [1.807, 2.05) is 0 Å². The van der Waals surface area contributed by atoms with Crippen molar-refractivity contribution < 1.29 is 80.7 Å². The minimum Gasteiger partial charge on any atom is -0.478 e. The molecule has 0 bridgehead atoms. The first-order chi connectivity index (χ1) is 3.63. The molecule has 0 saturated carbocycles. The molecule has 0 aromatic rings. The fourth-order valence-corrected chi connectivity index (χ4v) is 0.143. The maximum atomic E-state index is 9.55. The smallest absolute Gasteiger partial charge is 0.328 e. The fraction of sp³-hybridized carbons (Fsp3) is 0. The molecule has 0 amide bonds. The Morgan fingerprint density at radius 1 is 0.733 bits per heavy atom. The Morgan fingerprint density at radius 3 is 0.933 bits per heavy atom. The van der Waals surface area contributed by atoms with Gasteiger partial charge in [-0.2, -0.15) is 0 Å². The van der Waals surface area contributed by atoms with Gasteiger partial charge in [0.05, 0.1) is 0 Å². The van der Waals surface area contributed by atoms with Crippen molar-refractivity contribution in [2.75, 3.05) is 0 Å². The molecule has 0 saturated heterocycles. The monoisotopic (exact) mass is 328 g/mol. The summed E-state index contributed by atoms with van der Waals surface area (Å²) in [7, 11) is 0. The third-order valence-electron chi connectivity index (χ3n) is 0.368. The summed E-state index contributed by atoms with van der Waals surface area (Å²) in [5.41, 5.74) is 0. The van der Waals surface area contributed by atoms with Crippen molar-refractivity contribution in [2.24, 2.45) is 0 Å². The topological polar surface area (TPSA) is 238 Å². The Morgan fingerprint density at radius 2 is 0.867 bits per heavy atom. The molecule has 0 fully saturated rings. The van der Waals surface area contributed by atoms with Crippen LogP contribution in [-0.2, 0) is 65.1 Å². The van der Waals surface area contributed by atoms with Gasteiger partial charge in [0.15, 0.2) is 0 Å². The van der Waals surface area contributed by atoms with Gasteiger partial charge in [-0.25, -0.2) is 9.59 Å². The zero-order valence-corrected chi connectivity index (χ0v) is 9.42. The van der Waals surface area contributed by atoms with E-state index in [9.17, 15) is 9.59 Å². The van der Waals surface area contributed by atoms with E-state index in [4.69, 9.17) is 10.2 Å². The molecule has 0 atom stereocenters. The second-order valence-electron chi connectivity index (χ2n) is 1.01. The van der Waals surface area contributed by atoms with Crippen LogP contribution in [0.15, 0.2) is 12.2 Å². The molecule has 2 radical (unpaired) electrons. The Bertz CT molecular complexity index is 131. The van der Waals surface area contributed by atoms with Gasteiger partial charge in [-0.05, 0) is 0 Å². The van der Waals surface area contributed by atoms with E-state index in [-0.39, 0.29) is 60.9 Å². The summed E-state index contributed by atoms with van der Waals surface area (Å²) in [4.78, 5) is 19.1. The van der Waals surface area contributed by atoms with E-state index in [0.717, 1.165) is 0 Å². The fourth-order valence-electron chi connectivity index (χ4n) is 0.143. The quantitative estimate of drug-likeness (QED) is 0.374. The molecule has 0 unspecified atom stereocenters. The van der Waals surface area contributed by atoms with E-state index < -0.39 is 11.9 Å². The van der Waals surface area contributed by atoms with Crippen LogP contribution in [0.2, 0.25) is 0 Å². The standard InChI is InChI=1S/C4H4O4.2Co.5H2O/c5-3(6)1-2-4(7)8;;;;;;;/h1-2H,(H,5,6)(H,7,8);;;5*1H2/p+4. The number of aliphatic carboxylic acids is 2. The van der Waals surface area contributed by atoms with Gasteiger partial charge < -0.3 is 37.6 Å². The molecule has 0 aliphatic rings. The molecular weight excluding hydrogens is 310 g/mol. The van der Waals surface area contributed by atoms with Gasteiger partial charge in [0.25, 0.3) is 0 Å². The predicted molar refractivity (Wildman–Crippen MR) is 47.5 cm³/mol. The summed E-state index contributed by atoms with van der Waals surface area (Å²) in [6, 6.07) is 0. The van der Waals surface area contributed by atoms with Crippen LogP contribution in [0.25, 0.3) is 0 Å². The van der Waals surface area contributed by atoms with Crippen molar-refractivity contribution >= 4 is 11.9 Å².